The lowest BCUT2D eigenvalue weighted by molar-refractivity contribution is -0.289. The summed E-state index contributed by atoms with van der Waals surface area (Å²) in [5.74, 6) is -4.81. The highest BCUT2D eigenvalue weighted by molar-refractivity contribution is 5.49. The van der Waals surface area contributed by atoms with Crippen LogP contribution in [0.15, 0.2) is 66.9 Å². The summed E-state index contributed by atoms with van der Waals surface area (Å²) in [6.07, 6.45) is -4.48. The molecule has 2 aromatic carbocycles. The van der Waals surface area contributed by atoms with Gasteiger partial charge in [0.15, 0.2) is 0 Å². The fourth-order valence-corrected chi connectivity index (χ4v) is 2.66. The van der Waals surface area contributed by atoms with Crippen molar-refractivity contribution < 1.29 is 40.2 Å². The average Bonchev–Trinajstić information content (AvgIpc) is 2.72. The average molecular weight is 460 g/mol. The van der Waals surface area contributed by atoms with E-state index in [0.29, 0.717) is 17.5 Å². The molecule has 0 radical (unpaired) electrons. The summed E-state index contributed by atoms with van der Waals surface area (Å²) in [5, 5.41) is 2.90. The maximum atomic E-state index is 13.5. The fourth-order valence-electron chi connectivity index (χ4n) is 2.66. The van der Waals surface area contributed by atoms with E-state index in [1.54, 1.807) is 18.2 Å². The van der Waals surface area contributed by atoms with Gasteiger partial charge in [-0.2, -0.15) is 30.7 Å². The van der Waals surface area contributed by atoms with Gasteiger partial charge in [0, 0.05) is 36.1 Å². The Labute approximate surface area is 177 Å². The van der Waals surface area contributed by atoms with Crippen LogP contribution in [-0.2, 0) is 12.5 Å². The number of alkyl halides is 7. The summed E-state index contributed by atoms with van der Waals surface area (Å²) >= 11 is 0. The monoisotopic (exact) mass is 460 g/mol. The molecule has 1 N–H and O–H groups in total. The zero-order valence-electron chi connectivity index (χ0n) is 16.0. The van der Waals surface area contributed by atoms with Gasteiger partial charge in [-0.25, -0.2) is 4.98 Å². The molecule has 3 aromatic rings. The number of ether oxygens (including phenoxy) is 2. The Kier molecular flexibility index (Phi) is 6.75. The Morgan fingerprint density at radius 3 is 2.31 bits per heavy atom. The minimum Gasteiger partial charge on any atom is -0.457 e. The second kappa shape index (κ2) is 9.33. The molecule has 0 fully saturated rings. The van der Waals surface area contributed by atoms with Crippen molar-refractivity contribution in [3.8, 4) is 17.4 Å². The lowest BCUT2D eigenvalue weighted by atomic mass is 10.0. The minimum absolute atomic E-state index is 0.0349. The Hall–Kier alpha value is -3.50. The molecule has 1 aromatic heterocycles. The second-order valence-electron chi connectivity index (χ2n) is 6.46. The van der Waals surface area contributed by atoms with Gasteiger partial charge in [-0.1, -0.05) is 24.3 Å². The third-order valence-electron chi connectivity index (χ3n) is 4.13. The van der Waals surface area contributed by atoms with Crippen LogP contribution in [0.3, 0.4) is 0 Å². The number of pyridine rings is 1. The van der Waals surface area contributed by atoms with E-state index in [0.717, 1.165) is 12.1 Å². The van der Waals surface area contributed by atoms with E-state index >= 15 is 0 Å². The molecule has 32 heavy (non-hydrogen) atoms. The predicted molar refractivity (Wildman–Crippen MR) is 101 cm³/mol. The third kappa shape index (κ3) is 5.80. The number of nitrogens with zero attached hydrogens (tertiary/aromatic N) is 1. The molecule has 0 amide bonds. The Morgan fingerprint density at radius 2 is 1.59 bits per heavy atom. The van der Waals surface area contributed by atoms with Gasteiger partial charge in [0.2, 0.25) is 5.88 Å². The summed E-state index contributed by atoms with van der Waals surface area (Å²) in [5.41, 5.74) is -0.463. The van der Waals surface area contributed by atoms with Crippen LogP contribution >= 0.6 is 0 Å². The van der Waals surface area contributed by atoms with Crippen LogP contribution in [0.5, 0.6) is 17.4 Å². The van der Waals surface area contributed by atoms with Crippen molar-refractivity contribution in [3.05, 3.63) is 78.0 Å². The molecule has 11 heteroatoms. The van der Waals surface area contributed by atoms with E-state index in [2.05, 4.69) is 15.0 Å². The molecule has 0 aliphatic carbocycles. The number of nitrogens with one attached hydrogen (secondary N) is 1. The molecule has 0 spiro atoms. The molecular formula is C21H15F7N2O2. The van der Waals surface area contributed by atoms with Crippen LogP contribution in [0, 0.1) is 0 Å². The minimum atomic E-state index is -5.70. The molecule has 4 nitrogen and oxygen atoms in total. The quantitative estimate of drug-likeness (QED) is 0.378. The van der Waals surface area contributed by atoms with Crippen molar-refractivity contribution in [1.82, 2.24) is 4.98 Å². The van der Waals surface area contributed by atoms with Gasteiger partial charge in [0.25, 0.3) is 0 Å². The van der Waals surface area contributed by atoms with Gasteiger partial charge in [0.1, 0.15) is 11.5 Å². The van der Waals surface area contributed by atoms with E-state index in [4.69, 9.17) is 4.74 Å². The van der Waals surface area contributed by atoms with E-state index in [1.807, 2.05) is 0 Å². The summed E-state index contributed by atoms with van der Waals surface area (Å²) in [6.45, 7) is -3.08. The zero-order valence-corrected chi connectivity index (χ0v) is 16.0. The Bertz CT molecular complexity index is 1060. The molecule has 0 atom stereocenters. The Morgan fingerprint density at radius 1 is 0.875 bits per heavy atom. The van der Waals surface area contributed by atoms with E-state index in [9.17, 15) is 30.7 Å². The van der Waals surface area contributed by atoms with Crippen LogP contribution < -0.4 is 14.8 Å². The van der Waals surface area contributed by atoms with E-state index in [1.165, 1.54) is 30.5 Å². The largest absolute Gasteiger partial charge is 0.458 e. The van der Waals surface area contributed by atoms with Crippen molar-refractivity contribution in [2.75, 3.05) is 5.32 Å². The molecule has 0 bridgehead atoms. The normalized spacial score (nSPS) is 12.0. The van der Waals surface area contributed by atoms with Crippen molar-refractivity contribution >= 4 is 5.69 Å². The summed E-state index contributed by atoms with van der Waals surface area (Å²) in [6, 6.07) is 12.9. The number of benzene rings is 2. The first-order valence-electron chi connectivity index (χ1n) is 9.01. The van der Waals surface area contributed by atoms with Crippen molar-refractivity contribution in [2.45, 2.75) is 25.3 Å². The second-order valence-corrected chi connectivity index (χ2v) is 6.46. The predicted octanol–water partition coefficient (Wildman–Crippen LogP) is 6.74. The molecule has 0 unspecified atom stereocenters. The van der Waals surface area contributed by atoms with Gasteiger partial charge in [-0.3, -0.25) is 0 Å². The number of rotatable bonds is 8. The van der Waals surface area contributed by atoms with Crippen LogP contribution in [0.4, 0.5) is 36.4 Å². The van der Waals surface area contributed by atoms with Crippen molar-refractivity contribution in [2.24, 2.45) is 0 Å². The van der Waals surface area contributed by atoms with E-state index in [-0.39, 0.29) is 23.7 Å². The number of aromatic nitrogens is 1. The first-order chi connectivity index (χ1) is 15.0. The van der Waals surface area contributed by atoms with Crippen LogP contribution in [-0.4, -0.2) is 17.8 Å². The molecule has 0 saturated heterocycles. The molecule has 170 valence electrons. The summed E-state index contributed by atoms with van der Waals surface area (Å²) in [7, 11) is 0. The molecule has 1 heterocycles. The van der Waals surface area contributed by atoms with Gasteiger partial charge in [0.05, 0.1) is 0 Å². The number of hydrogen-bond acceptors (Lipinski definition) is 4. The first kappa shape index (κ1) is 23.2. The third-order valence-corrected chi connectivity index (χ3v) is 4.13. The smallest absolute Gasteiger partial charge is 0.457 e. The lowest BCUT2D eigenvalue weighted by Gasteiger charge is -2.20. The number of halogens is 7. The molecule has 3 rings (SSSR count). The molecule has 0 saturated carbocycles. The highest BCUT2D eigenvalue weighted by Gasteiger charge is 2.58. The lowest BCUT2D eigenvalue weighted by Crippen LogP contribution is -2.33. The molecular weight excluding hydrogens is 445 g/mol. The topological polar surface area (TPSA) is 43.4 Å². The highest BCUT2D eigenvalue weighted by atomic mass is 19.4. The van der Waals surface area contributed by atoms with E-state index < -0.39 is 24.3 Å². The molecule has 0 aliphatic rings. The Balaban J connectivity index is 1.68. The highest BCUT2D eigenvalue weighted by Crippen LogP contribution is 2.43. The maximum absolute atomic E-state index is 13.5. The first-order valence-corrected chi connectivity index (χ1v) is 9.01. The van der Waals surface area contributed by atoms with Gasteiger partial charge < -0.3 is 14.8 Å². The summed E-state index contributed by atoms with van der Waals surface area (Å²) < 4.78 is 99.2. The molecule has 0 aliphatic heterocycles. The van der Waals surface area contributed by atoms with Gasteiger partial charge >= 0.3 is 18.7 Å². The van der Waals surface area contributed by atoms with Gasteiger partial charge in [-0.05, 0) is 29.8 Å². The standard InChI is InChI=1S/C21H15F7N2O2/c22-19(23)32-18-11-17(7-8-29-18)31-16-6-2-5-15(10-16)30-12-13-3-1-4-14(9-13)20(24,25)21(26,27)28/h1-11,19,30H,12H2. The van der Waals surface area contributed by atoms with Crippen LogP contribution in [0.1, 0.15) is 11.1 Å². The van der Waals surface area contributed by atoms with Crippen LogP contribution in [0.2, 0.25) is 0 Å². The maximum Gasteiger partial charge on any atom is 0.458 e. The van der Waals surface area contributed by atoms with Crippen molar-refractivity contribution in [3.63, 3.8) is 0 Å². The fraction of sp³-hybridized carbons (Fsp3) is 0.190. The number of hydrogen-bond donors (Lipinski definition) is 1. The zero-order chi connectivity index (χ0) is 23.4. The van der Waals surface area contributed by atoms with Crippen LogP contribution in [0.25, 0.3) is 0 Å². The number of anilines is 1. The van der Waals surface area contributed by atoms with Crippen molar-refractivity contribution in [1.29, 1.82) is 0 Å². The summed E-state index contributed by atoms with van der Waals surface area (Å²) in [4.78, 5) is 3.62. The SMILES string of the molecule is FC(F)Oc1cc(Oc2cccc(NCc3cccc(C(F)(F)C(F)(F)F)c3)c2)ccn1. The van der Waals surface area contributed by atoms with Gasteiger partial charge in [-0.15, -0.1) is 0 Å².